The molecular formula is C22H31F2IN4O2. The second-order valence-electron chi connectivity index (χ2n) is 7.33. The molecule has 0 saturated carbocycles. The van der Waals surface area contributed by atoms with E-state index in [1.807, 2.05) is 19.1 Å². The Morgan fingerprint density at radius 3 is 2.71 bits per heavy atom. The van der Waals surface area contributed by atoms with Crippen molar-refractivity contribution >= 4 is 29.9 Å². The Labute approximate surface area is 199 Å². The van der Waals surface area contributed by atoms with Crippen LogP contribution in [0.5, 0.6) is 0 Å². The zero-order valence-electron chi connectivity index (χ0n) is 17.8. The molecule has 1 aromatic heterocycles. The summed E-state index contributed by atoms with van der Waals surface area (Å²) in [7, 11) is 0. The van der Waals surface area contributed by atoms with Crippen molar-refractivity contribution in [3.8, 4) is 0 Å². The maximum Gasteiger partial charge on any atom is 0.191 e. The van der Waals surface area contributed by atoms with Crippen molar-refractivity contribution < 1.29 is 17.9 Å². The predicted octanol–water partition coefficient (Wildman–Crippen LogP) is 3.74. The monoisotopic (exact) mass is 548 g/mol. The Bertz CT molecular complexity index is 799. The molecule has 1 saturated heterocycles. The van der Waals surface area contributed by atoms with Crippen molar-refractivity contribution in [2.24, 2.45) is 4.99 Å². The van der Waals surface area contributed by atoms with Gasteiger partial charge in [0.25, 0.3) is 0 Å². The molecule has 1 unspecified atom stereocenters. The molecule has 0 bridgehead atoms. The molecule has 2 heterocycles. The number of morpholine rings is 1. The van der Waals surface area contributed by atoms with Crippen LogP contribution in [-0.4, -0.2) is 56.8 Å². The molecule has 1 aliphatic heterocycles. The fourth-order valence-electron chi connectivity index (χ4n) is 3.29. The summed E-state index contributed by atoms with van der Waals surface area (Å²) in [5.74, 6) is -0.168. The van der Waals surface area contributed by atoms with Crippen molar-refractivity contribution in [2.75, 3.05) is 45.9 Å². The van der Waals surface area contributed by atoms with Gasteiger partial charge < -0.3 is 19.8 Å². The van der Waals surface area contributed by atoms with Gasteiger partial charge >= 0.3 is 0 Å². The first-order valence-corrected chi connectivity index (χ1v) is 10.4. The summed E-state index contributed by atoms with van der Waals surface area (Å²) in [6.07, 6.45) is 3.31. The molecular weight excluding hydrogens is 517 g/mol. The van der Waals surface area contributed by atoms with E-state index in [4.69, 9.17) is 9.15 Å². The van der Waals surface area contributed by atoms with E-state index < -0.39 is 11.6 Å². The summed E-state index contributed by atoms with van der Waals surface area (Å²) in [5, 5.41) is 6.58. The van der Waals surface area contributed by atoms with Gasteiger partial charge in [-0.1, -0.05) is 6.07 Å². The van der Waals surface area contributed by atoms with E-state index >= 15 is 0 Å². The number of hydrogen-bond donors (Lipinski definition) is 2. The van der Waals surface area contributed by atoms with E-state index in [0.29, 0.717) is 24.6 Å². The number of furan rings is 1. The number of ether oxygens (including phenoxy) is 1. The van der Waals surface area contributed by atoms with Crippen LogP contribution in [0, 0.1) is 11.6 Å². The highest BCUT2D eigenvalue weighted by molar-refractivity contribution is 14.0. The number of benzene rings is 1. The molecule has 1 atom stereocenters. The second kappa shape index (κ2) is 13.6. The summed E-state index contributed by atoms with van der Waals surface area (Å²) in [6.45, 7) is 7.68. The third-order valence-electron chi connectivity index (χ3n) is 5.05. The molecule has 6 nitrogen and oxygen atoms in total. The average molecular weight is 548 g/mol. The highest BCUT2D eigenvalue weighted by Gasteiger charge is 2.12. The second-order valence-corrected chi connectivity index (χ2v) is 7.33. The zero-order valence-corrected chi connectivity index (χ0v) is 20.1. The van der Waals surface area contributed by atoms with Crippen LogP contribution in [0.3, 0.4) is 0 Å². The van der Waals surface area contributed by atoms with E-state index in [9.17, 15) is 8.78 Å². The Hall–Kier alpha value is -1.72. The van der Waals surface area contributed by atoms with E-state index in [0.717, 1.165) is 57.5 Å². The Morgan fingerprint density at radius 1 is 1.19 bits per heavy atom. The third kappa shape index (κ3) is 8.74. The normalized spacial score (nSPS) is 15.9. The maximum absolute atomic E-state index is 13.6. The number of guanidine groups is 1. The van der Waals surface area contributed by atoms with Crippen LogP contribution < -0.4 is 10.6 Å². The molecule has 0 radical (unpaired) electrons. The molecule has 1 aliphatic rings. The fourth-order valence-corrected chi connectivity index (χ4v) is 3.29. The van der Waals surface area contributed by atoms with Crippen molar-refractivity contribution in [1.29, 1.82) is 0 Å². The summed E-state index contributed by atoms with van der Waals surface area (Å²) < 4.78 is 37.6. The largest absolute Gasteiger partial charge is 0.469 e. The maximum atomic E-state index is 13.6. The van der Waals surface area contributed by atoms with Crippen molar-refractivity contribution in [3.05, 3.63) is 59.6 Å². The first kappa shape index (κ1) is 25.5. The third-order valence-corrected chi connectivity index (χ3v) is 5.05. The van der Waals surface area contributed by atoms with E-state index in [1.54, 1.807) is 12.3 Å². The van der Waals surface area contributed by atoms with Gasteiger partial charge in [-0.05, 0) is 43.2 Å². The molecule has 2 N–H and O–H groups in total. The number of nitrogens with zero attached hydrogens (tertiary/aromatic N) is 2. The molecule has 0 spiro atoms. The topological polar surface area (TPSA) is 62.0 Å². The van der Waals surface area contributed by atoms with Gasteiger partial charge in [-0.2, -0.15) is 0 Å². The van der Waals surface area contributed by atoms with Crippen LogP contribution in [-0.2, 0) is 11.2 Å². The Morgan fingerprint density at radius 2 is 2.00 bits per heavy atom. The molecule has 3 rings (SSSR count). The van der Waals surface area contributed by atoms with Gasteiger partial charge in [0.1, 0.15) is 5.76 Å². The Kier molecular flexibility index (Phi) is 11.2. The van der Waals surface area contributed by atoms with E-state index in [1.165, 1.54) is 6.07 Å². The van der Waals surface area contributed by atoms with Crippen LogP contribution in [0.15, 0.2) is 46.0 Å². The lowest BCUT2D eigenvalue weighted by atomic mass is 10.1. The molecule has 0 amide bonds. The minimum Gasteiger partial charge on any atom is -0.469 e. The minimum absolute atomic E-state index is 0. The number of halogens is 3. The first-order valence-electron chi connectivity index (χ1n) is 10.4. The van der Waals surface area contributed by atoms with Gasteiger partial charge in [-0.25, -0.2) is 8.78 Å². The quantitative estimate of drug-likeness (QED) is 0.217. The number of rotatable bonds is 9. The van der Waals surface area contributed by atoms with Gasteiger partial charge in [-0.15, -0.1) is 24.0 Å². The van der Waals surface area contributed by atoms with Crippen LogP contribution in [0.4, 0.5) is 8.78 Å². The number of aliphatic imine (C=N–C) groups is 1. The lowest BCUT2D eigenvalue weighted by Gasteiger charge is -2.26. The van der Waals surface area contributed by atoms with E-state index in [2.05, 4.69) is 20.5 Å². The number of hydrogen-bond acceptors (Lipinski definition) is 4. The van der Waals surface area contributed by atoms with Gasteiger partial charge in [0.05, 0.1) is 25.5 Å². The summed E-state index contributed by atoms with van der Waals surface area (Å²) in [4.78, 5) is 7.05. The average Bonchev–Trinajstić information content (AvgIpc) is 3.27. The first-order chi connectivity index (χ1) is 14.6. The van der Waals surface area contributed by atoms with Crippen molar-refractivity contribution in [1.82, 2.24) is 15.5 Å². The van der Waals surface area contributed by atoms with Crippen LogP contribution >= 0.6 is 24.0 Å². The van der Waals surface area contributed by atoms with Gasteiger partial charge in [0, 0.05) is 39.1 Å². The molecule has 2 aromatic rings. The summed E-state index contributed by atoms with van der Waals surface area (Å²) in [6, 6.07) is 7.50. The molecule has 172 valence electrons. The van der Waals surface area contributed by atoms with E-state index in [-0.39, 0.29) is 30.0 Å². The van der Waals surface area contributed by atoms with Crippen LogP contribution in [0.1, 0.15) is 30.7 Å². The van der Waals surface area contributed by atoms with Crippen molar-refractivity contribution in [3.63, 3.8) is 0 Å². The highest BCUT2D eigenvalue weighted by Crippen LogP contribution is 2.15. The summed E-state index contributed by atoms with van der Waals surface area (Å²) in [5.41, 5.74) is 0.655. The van der Waals surface area contributed by atoms with Gasteiger partial charge in [0.2, 0.25) is 0 Å². The molecule has 1 aromatic carbocycles. The molecule has 1 fully saturated rings. The minimum atomic E-state index is -0.851. The summed E-state index contributed by atoms with van der Waals surface area (Å²) >= 11 is 0. The van der Waals surface area contributed by atoms with Gasteiger partial charge in [0.15, 0.2) is 17.6 Å². The molecule has 0 aliphatic carbocycles. The Balaban J connectivity index is 0.00000341. The fraction of sp³-hybridized carbons (Fsp3) is 0.500. The lowest BCUT2D eigenvalue weighted by Crippen LogP contribution is -2.40. The molecule has 31 heavy (non-hydrogen) atoms. The van der Waals surface area contributed by atoms with Crippen LogP contribution in [0.2, 0.25) is 0 Å². The smallest absolute Gasteiger partial charge is 0.191 e. The highest BCUT2D eigenvalue weighted by atomic mass is 127. The van der Waals surface area contributed by atoms with Crippen molar-refractivity contribution in [2.45, 2.75) is 25.8 Å². The lowest BCUT2D eigenvalue weighted by molar-refractivity contribution is 0.0377. The molecule has 9 heteroatoms. The standard InChI is InChI=1S/C22H30F2N4O2.HI/c1-17(18-5-6-20(23)21(24)16-18)27-22(26-9-7-19-4-2-13-30-19)25-8-3-10-28-11-14-29-15-12-28;/h2,4-6,13,16-17H,3,7-12,14-15H2,1H3,(H2,25,26,27);1H. The zero-order chi connectivity index (χ0) is 21.2. The number of nitrogens with one attached hydrogen (secondary N) is 2. The van der Waals surface area contributed by atoms with Crippen LogP contribution in [0.25, 0.3) is 0 Å². The SMILES string of the molecule is CC(NC(=NCCCN1CCOCC1)NCCc1ccco1)c1ccc(F)c(F)c1.I. The predicted molar refractivity (Wildman–Crippen MR) is 128 cm³/mol. The van der Waals surface area contributed by atoms with Gasteiger partial charge in [-0.3, -0.25) is 9.89 Å².